The van der Waals surface area contributed by atoms with E-state index in [2.05, 4.69) is 33.3 Å². The van der Waals surface area contributed by atoms with E-state index in [9.17, 15) is 4.79 Å². The summed E-state index contributed by atoms with van der Waals surface area (Å²) in [5.41, 5.74) is 0.603. The summed E-state index contributed by atoms with van der Waals surface area (Å²) in [7, 11) is 1.79. The van der Waals surface area contributed by atoms with Crippen LogP contribution in [0.2, 0.25) is 0 Å². The molecule has 1 aromatic rings. The van der Waals surface area contributed by atoms with Gasteiger partial charge in [-0.3, -0.25) is 9.48 Å². The van der Waals surface area contributed by atoms with E-state index < -0.39 is 0 Å². The van der Waals surface area contributed by atoms with Crippen molar-refractivity contribution in [1.82, 2.24) is 15.1 Å². The Bertz CT molecular complexity index is 335. The molecule has 0 spiro atoms. The molecule has 15 heavy (non-hydrogen) atoms. The van der Waals surface area contributed by atoms with Gasteiger partial charge in [0.2, 0.25) is 0 Å². The molecular formula is C10H16BrN3O. The fraction of sp³-hybridized carbons (Fsp3) is 0.600. The molecule has 1 heterocycles. The Labute approximate surface area is 98.2 Å². The molecule has 0 aromatic carbocycles. The predicted octanol–water partition coefficient (Wildman–Crippen LogP) is 1.71. The average molecular weight is 274 g/mol. The molecule has 2 atom stereocenters. The minimum absolute atomic E-state index is 0.0660. The molecule has 1 aromatic heterocycles. The van der Waals surface area contributed by atoms with E-state index in [1.54, 1.807) is 24.1 Å². The van der Waals surface area contributed by atoms with Crippen LogP contribution in [-0.2, 0) is 7.05 Å². The van der Waals surface area contributed by atoms with E-state index in [1.165, 1.54) is 0 Å². The highest BCUT2D eigenvalue weighted by Crippen LogP contribution is 2.07. The van der Waals surface area contributed by atoms with Crippen LogP contribution in [0.3, 0.4) is 0 Å². The second-order valence-corrected chi connectivity index (χ2v) is 5.36. The molecule has 1 rings (SSSR count). The van der Waals surface area contributed by atoms with Gasteiger partial charge in [-0.05, 0) is 13.3 Å². The summed E-state index contributed by atoms with van der Waals surface area (Å²) >= 11 is 3.46. The topological polar surface area (TPSA) is 46.9 Å². The number of hydrogen-bond donors (Lipinski definition) is 1. The van der Waals surface area contributed by atoms with Crippen LogP contribution in [0.1, 0.15) is 30.6 Å². The molecule has 1 N–H and O–H groups in total. The molecule has 0 aliphatic rings. The van der Waals surface area contributed by atoms with Crippen molar-refractivity contribution >= 4 is 21.8 Å². The Morgan fingerprint density at radius 2 is 2.33 bits per heavy atom. The van der Waals surface area contributed by atoms with Crippen LogP contribution >= 0.6 is 15.9 Å². The van der Waals surface area contributed by atoms with Crippen LogP contribution in [0.15, 0.2) is 12.4 Å². The highest BCUT2D eigenvalue weighted by Gasteiger charge is 2.12. The molecule has 0 aliphatic carbocycles. The lowest BCUT2D eigenvalue weighted by Crippen LogP contribution is -2.33. The molecule has 1 amide bonds. The van der Waals surface area contributed by atoms with Gasteiger partial charge in [-0.2, -0.15) is 5.10 Å². The molecular weight excluding hydrogens is 258 g/mol. The molecule has 0 saturated heterocycles. The van der Waals surface area contributed by atoms with Gasteiger partial charge in [0.1, 0.15) is 0 Å². The second kappa shape index (κ2) is 5.30. The Balaban J connectivity index is 2.49. The van der Waals surface area contributed by atoms with Crippen LogP contribution in [0.25, 0.3) is 0 Å². The van der Waals surface area contributed by atoms with Crippen molar-refractivity contribution in [3.8, 4) is 0 Å². The first-order valence-electron chi connectivity index (χ1n) is 4.92. The van der Waals surface area contributed by atoms with Crippen molar-refractivity contribution in [2.75, 3.05) is 0 Å². The molecule has 84 valence electrons. The Morgan fingerprint density at radius 3 is 2.80 bits per heavy atom. The number of nitrogens with one attached hydrogen (secondary N) is 1. The van der Waals surface area contributed by atoms with Gasteiger partial charge in [0, 0.05) is 24.1 Å². The largest absolute Gasteiger partial charge is 0.349 e. The van der Waals surface area contributed by atoms with E-state index >= 15 is 0 Å². The number of carbonyl (C=O) groups excluding carboxylic acids is 1. The fourth-order valence-electron chi connectivity index (χ4n) is 1.39. The fourth-order valence-corrected chi connectivity index (χ4v) is 1.95. The first-order chi connectivity index (χ1) is 6.99. The van der Waals surface area contributed by atoms with Gasteiger partial charge in [-0.15, -0.1) is 0 Å². The van der Waals surface area contributed by atoms with Gasteiger partial charge in [-0.1, -0.05) is 22.9 Å². The van der Waals surface area contributed by atoms with Gasteiger partial charge >= 0.3 is 0 Å². The van der Waals surface area contributed by atoms with Gasteiger partial charge in [0.25, 0.3) is 5.91 Å². The maximum Gasteiger partial charge on any atom is 0.254 e. The second-order valence-electron chi connectivity index (χ2n) is 3.79. The minimum atomic E-state index is -0.0660. The van der Waals surface area contributed by atoms with Crippen LogP contribution in [-0.4, -0.2) is 26.6 Å². The molecule has 0 bridgehead atoms. The van der Waals surface area contributed by atoms with E-state index in [-0.39, 0.29) is 11.9 Å². The number of nitrogens with zero attached hydrogens (tertiary/aromatic N) is 2. The van der Waals surface area contributed by atoms with Gasteiger partial charge in [0.15, 0.2) is 0 Å². The zero-order valence-electron chi connectivity index (χ0n) is 9.20. The SMILES string of the molecule is CC(Br)CC(C)NC(=O)c1cnn(C)c1. The Kier molecular flexibility index (Phi) is 4.32. The molecule has 0 radical (unpaired) electrons. The number of carbonyl (C=O) groups is 1. The first-order valence-corrected chi connectivity index (χ1v) is 5.84. The summed E-state index contributed by atoms with van der Waals surface area (Å²) in [6.07, 6.45) is 4.19. The van der Waals surface area contributed by atoms with Crippen LogP contribution in [0.4, 0.5) is 0 Å². The highest BCUT2D eigenvalue weighted by atomic mass is 79.9. The minimum Gasteiger partial charge on any atom is -0.349 e. The lowest BCUT2D eigenvalue weighted by atomic mass is 10.2. The number of amides is 1. The number of rotatable bonds is 4. The number of aromatic nitrogens is 2. The Hall–Kier alpha value is -0.840. The van der Waals surface area contributed by atoms with E-state index in [0.717, 1.165) is 6.42 Å². The number of halogens is 1. The summed E-state index contributed by atoms with van der Waals surface area (Å²) in [6, 6.07) is 0.159. The van der Waals surface area contributed by atoms with Crippen LogP contribution in [0.5, 0.6) is 0 Å². The Morgan fingerprint density at radius 1 is 1.67 bits per heavy atom. The summed E-state index contributed by atoms with van der Waals surface area (Å²) in [6.45, 7) is 4.05. The molecule has 4 nitrogen and oxygen atoms in total. The lowest BCUT2D eigenvalue weighted by molar-refractivity contribution is 0.0938. The van der Waals surface area contributed by atoms with Crippen molar-refractivity contribution in [1.29, 1.82) is 0 Å². The van der Waals surface area contributed by atoms with Crippen molar-refractivity contribution in [2.24, 2.45) is 7.05 Å². The molecule has 5 heteroatoms. The quantitative estimate of drug-likeness (QED) is 0.850. The summed E-state index contributed by atoms with van der Waals surface area (Å²) in [5.74, 6) is -0.0660. The van der Waals surface area contributed by atoms with Crippen molar-refractivity contribution in [3.63, 3.8) is 0 Å². The van der Waals surface area contributed by atoms with Crippen LogP contribution < -0.4 is 5.32 Å². The van der Waals surface area contributed by atoms with Gasteiger partial charge in [0.05, 0.1) is 11.8 Å². The number of hydrogen-bond acceptors (Lipinski definition) is 2. The van der Waals surface area contributed by atoms with Crippen molar-refractivity contribution < 1.29 is 4.79 Å². The van der Waals surface area contributed by atoms with Crippen LogP contribution in [0, 0.1) is 0 Å². The van der Waals surface area contributed by atoms with E-state index in [0.29, 0.717) is 10.4 Å². The monoisotopic (exact) mass is 273 g/mol. The third kappa shape index (κ3) is 4.03. The summed E-state index contributed by atoms with van der Waals surface area (Å²) < 4.78 is 1.62. The lowest BCUT2D eigenvalue weighted by Gasteiger charge is -2.14. The zero-order valence-corrected chi connectivity index (χ0v) is 10.8. The molecule has 0 aliphatic heterocycles. The van der Waals surface area contributed by atoms with Gasteiger partial charge < -0.3 is 5.32 Å². The van der Waals surface area contributed by atoms with Crippen molar-refractivity contribution in [2.45, 2.75) is 31.1 Å². The summed E-state index contributed by atoms with van der Waals surface area (Å²) in [5, 5.41) is 6.87. The standard InChI is InChI=1S/C10H16BrN3O/c1-7(11)4-8(2)13-10(15)9-5-12-14(3)6-9/h5-8H,4H2,1-3H3,(H,13,15). The molecule has 0 fully saturated rings. The number of aryl methyl sites for hydroxylation is 1. The highest BCUT2D eigenvalue weighted by molar-refractivity contribution is 9.09. The maximum atomic E-state index is 11.7. The maximum absolute atomic E-state index is 11.7. The summed E-state index contributed by atoms with van der Waals surface area (Å²) in [4.78, 5) is 12.1. The van der Waals surface area contributed by atoms with Gasteiger partial charge in [-0.25, -0.2) is 0 Å². The van der Waals surface area contributed by atoms with E-state index in [4.69, 9.17) is 0 Å². The third-order valence-electron chi connectivity index (χ3n) is 2.02. The van der Waals surface area contributed by atoms with E-state index in [1.807, 2.05) is 6.92 Å². The van der Waals surface area contributed by atoms with Crippen molar-refractivity contribution in [3.05, 3.63) is 18.0 Å². The zero-order chi connectivity index (χ0) is 11.4. The molecule has 2 unspecified atom stereocenters. The predicted molar refractivity (Wildman–Crippen MR) is 63.1 cm³/mol. The smallest absolute Gasteiger partial charge is 0.254 e. The third-order valence-corrected chi connectivity index (χ3v) is 2.40. The average Bonchev–Trinajstić information content (AvgIpc) is 2.49. The number of alkyl halides is 1. The molecule has 0 saturated carbocycles. The normalized spacial score (nSPS) is 14.7. The first kappa shape index (κ1) is 12.2.